The Balaban J connectivity index is 5.36. The van der Waals surface area contributed by atoms with E-state index in [1.807, 2.05) is 0 Å². The van der Waals surface area contributed by atoms with Crippen molar-refractivity contribution in [3.63, 3.8) is 0 Å². The van der Waals surface area contributed by atoms with Gasteiger partial charge in [0, 0.05) is 27.7 Å². The molecule has 0 N–H and O–H groups in total. The van der Waals surface area contributed by atoms with Crippen LogP contribution >= 0.6 is 0 Å². The molecule has 0 aliphatic heterocycles. The Kier molecular flexibility index (Phi) is 8.22. The number of ether oxygens (including phenoxy) is 4. The Labute approximate surface area is 127 Å². The van der Waals surface area contributed by atoms with Gasteiger partial charge in [-0.05, 0) is 0 Å². The molecular weight excluding hydrogens is 298 g/mol. The molecule has 0 bridgehead atoms. The van der Waals surface area contributed by atoms with Crippen molar-refractivity contribution in [2.75, 3.05) is 6.61 Å². The molecule has 0 heterocycles. The van der Waals surface area contributed by atoms with Crippen molar-refractivity contribution in [1.82, 2.24) is 0 Å². The highest BCUT2D eigenvalue weighted by Crippen LogP contribution is 2.14. The first-order valence-electron chi connectivity index (χ1n) is 6.22. The Morgan fingerprint density at radius 3 is 1.73 bits per heavy atom. The van der Waals surface area contributed by atoms with Gasteiger partial charge in [-0.1, -0.05) is 0 Å². The van der Waals surface area contributed by atoms with E-state index in [0.717, 1.165) is 27.7 Å². The largest absolute Gasteiger partial charge is 0.462 e. The fourth-order valence-electron chi connectivity index (χ4n) is 1.48. The van der Waals surface area contributed by atoms with Gasteiger partial charge in [-0.2, -0.15) is 5.26 Å². The van der Waals surface area contributed by atoms with E-state index in [-0.39, 0.29) is 0 Å². The van der Waals surface area contributed by atoms with Gasteiger partial charge in [0.25, 0.3) is 0 Å². The minimum atomic E-state index is -1.53. The van der Waals surface area contributed by atoms with Crippen molar-refractivity contribution in [2.24, 2.45) is 0 Å². The lowest BCUT2D eigenvalue weighted by Crippen LogP contribution is -2.46. The second-order valence-electron chi connectivity index (χ2n) is 4.18. The number of carbonyl (C=O) groups excluding carboxylic acids is 4. The first-order chi connectivity index (χ1) is 10.2. The van der Waals surface area contributed by atoms with E-state index in [2.05, 4.69) is 0 Å². The van der Waals surface area contributed by atoms with Crippen LogP contribution in [0.25, 0.3) is 0 Å². The van der Waals surface area contributed by atoms with Crippen LogP contribution in [0.5, 0.6) is 0 Å². The Morgan fingerprint density at radius 1 is 0.864 bits per heavy atom. The molecule has 22 heavy (non-hydrogen) atoms. The number of rotatable bonds is 7. The highest BCUT2D eigenvalue weighted by molar-refractivity contribution is 5.69. The molecule has 122 valence electrons. The second kappa shape index (κ2) is 9.33. The Bertz CT molecular complexity index is 481. The zero-order valence-corrected chi connectivity index (χ0v) is 12.7. The minimum absolute atomic E-state index is 0.466. The third-order valence-electron chi connectivity index (χ3n) is 2.16. The monoisotopic (exact) mass is 315 g/mol. The molecule has 0 spiro atoms. The van der Waals surface area contributed by atoms with Gasteiger partial charge < -0.3 is 18.9 Å². The van der Waals surface area contributed by atoms with Crippen LogP contribution in [0.4, 0.5) is 0 Å². The molecule has 0 aromatic heterocycles. The summed E-state index contributed by atoms with van der Waals surface area (Å²) in [5.41, 5.74) is 0. The summed E-state index contributed by atoms with van der Waals surface area (Å²) in [6.45, 7) is 3.86. The molecule has 0 aromatic rings. The van der Waals surface area contributed by atoms with Gasteiger partial charge in [-0.25, -0.2) is 0 Å². The van der Waals surface area contributed by atoms with Crippen LogP contribution in [0.3, 0.4) is 0 Å². The summed E-state index contributed by atoms with van der Waals surface area (Å²) >= 11 is 0. The summed E-state index contributed by atoms with van der Waals surface area (Å²) in [6, 6.07) is 1.63. The highest BCUT2D eigenvalue weighted by atomic mass is 16.6. The molecule has 0 aliphatic rings. The minimum Gasteiger partial charge on any atom is -0.462 e. The third-order valence-corrected chi connectivity index (χ3v) is 2.16. The average molecular weight is 315 g/mol. The SMILES string of the molecule is CC(=O)OC[C@H](OC(C)=O)[C@@H](OC(C)=O)[C@@H](C#N)OC(C)=O. The quantitative estimate of drug-likeness (QED) is 0.465. The molecule has 0 amide bonds. The molecule has 0 radical (unpaired) electrons. The molecular formula is C13H17NO8. The summed E-state index contributed by atoms with van der Waals surface area (Å²) < 4.78 is 19.2. The fraction of sp³-hybridized carbons (Fsp3) is 0.615. The van der Waals surface area contributed by atoms with Crippen LogP contribution in [-0.2, 0) is 38.1 Å². The zero-order valence-electron chi connectivity index (χ0n) is 12.7. The second-order valence-corrected chi connectivity index (χ2v) is 4.18. The van der Waals surface area contributed by atoms with Crippen molar-refractivity contribution < 1.29 is 38.1 Å². The molecule has 0 aliphatic carbocycles. The van der Waals surface area contributed by atoms with Crippen molar-refractivity contribution in [3.05, 3.63) is 0 Å². The predicted molar refractivity (Wildman–Crippen MR) is 68.9 cm³/mol. The lowest BCUT2D eigenvalue weighted by molar-refractivity contribution is -0.184. The van der Waals surface area contributed by atoms with E-state index in [1.54, 1.807) is 6.07 Å². The number of esters is 4. The normalized spacial score (nSPS) is 13.8. The number of carbonyl (C=O) groups is 4. The van der Waals surface area contributed by atoms with Crippen LogP contribution in [-0.4, -0.2) is 48.8 Å². The number of hydrogen-bond acceptors (Lipinski definition) is 9. The van der Waals surface area contributed by atoms with Gasteiger partial charge in [-0.3, -0.25) is 19.2 Å². The van der Waals surface area contributed by atoms with Crippen LogP contribution in [0.2, 0.25) is 0 Å². The van der Waals surface area contributed by atoms with Crippen LogP contribution in [0.1, 0.15) is 27.7 Å². The Morgan fingerprint density at radius 2 is 1.36 bits per heavy atom. The first kappa shape index (κ1) is 19.4. The highest BCUT2D eigenvalue weighted by Gasteiger charge is 2.38. The predicted octanol–water partition coefficient (Wildman–Crippen LogP) is -0.132. The fourth-order valence-corrected chi connectivity index (χ4v) is 1.48. The maximum absolute atomic E-state index is 11.2. The maximum atomic E-state index is 11.2. The summed E-state index contributed by atoms with van der Waals surface area (Å²) in [7, 11) is 0. The lowest BCUT2D eigenvalue weighted by Gasteiger charge is -2.28. The topological polar surface area (TPSA) is 129 Å². The molecule has 0 fully saturated rings. The first-order valence-corrected chi connectivity index (χ1v) is 6.22. The average Bonchev–Trinajstić information content (AvgIpc) is 2.37. The zero-order chi connectivity index (χ0) is 17.3. The van der Waals surface area contributed by atoms with Crippen molar-refractivity contribution in [1.29, 1.82) is 5.26 Å². The van der Waals surface area contributed by atoms with Crippen molar-refractivity contribution >= 4 is 23.9 Å². The van der Waals surface area contributed by atoms with Crippen LogP contribution < -0.4 is 0 Å². The van der Waals surface area contributed by atoms with Gasteiger partial charge in [0.05, 0.1) is 0 Å². The number of hydrogen-bond donors (Lipinski definition) is 0. The molecule has 9 heteroatoms. The molecule has 0 rings (SSSR count). The van der Waals surface area contributed by atoms with Crippen molar-refractivity contribution in [2.45, 2.75) is 46.0 Å². The summed E-state index contributed by atoms with van der Waals surface area (Å²) in [4.78, 5) is 44.2. The van der Waals surface area contributed by atoms with Gasteiger partial charge in [0.2, 0.25) is 6.10 Å². The Hall–Kier alpha value is -2.63. The van der Waals surface area contributed by atoms with E-state index >= 15 is 0 Å². The summed E-state index contributed by atoms with van der Waals surface area (Å²) in [5.74, 6) is -3.01. The number of nitriles is 1. The molecule has 0 saturated carbocycles. The molecule has 3 atom stereocenters. The van der Waals surface area contributed by atoms with E-state index in [9.17, 15) is 19.2 Å². The van der Waals surface area contributed by atoms with E-state index in [4.69, 9.17) is 24.2 Å². The molecule has 0 saturated heterocycles. The molecule has 0 unspecified atom stereocenters. The van der Waals surface area contributed by atoms with Crippen LogP contribution in [0.15, 0.2) is 0 Å². The standard InChI is InChI=1S/C13H17NO8/c1-7(15)19-6-12(21-9(3)17)13(22-10(4)18)11(5-14)20-8(2)16/h11-13H,6H2,1-4H3/t11-,12+,13+/m1/s1. The van der Waals surface area contributed by atoms with Gasteiger partial charge in [-0.15, -0.1) is 0 Å². The lowest BCUT2D eigenvalue weighted by atomic mass is 10.1. The maximum Gasteiger partial charge on any atom is 0.304 e. The molecule has 9 nitrogen and oxygen atoms in total. The van der Waals surface area contributed by atoms with Crippen LogP contribution in [0, 0.1) is 11.3 Å². The summed E-state index contributed by atoms with van der Waals surface area (Å²) in [5, 5.41) is 9.05. The van der Waals surface area contributed by atoms with E-state index in [1.165, 1.54) is 0 Å². The number of nitrogens with zero attached hydrogens (tertiary/aromatic N) is 1. The third kappa shape index (κ3) is 7.84. The van der Waals surface area contributed by atoms with Gasteiger partial charge in [0.15, 0.2) is 12.2 Å². The van der Waals surface area contributed by atoms with E-state index < -0.39 is 48.8 Å². The molecule has 0 aromatic carbocycles. The smallest absolute Gasteiger partial charge is 0.304 e. The van der Waals surface area contributed by atoms with E-state index in [0.29, 0.717) is 0 Å². The summed E-state index contributed by atoms with van der Waals surface area (Å²) in [6.07, 6.45) is -4.26. The van der Waals surface area contributed by atoms with Gasteiger partial charge in [0.1, 0.15) is 12.7 Å². The van der Waals surface area contributed by atoms with Gasteiger partial charge >= 0.3 is 23.9 Å². The van der Waals surface area contributed by atoms with Crippen molar-refractivity contribution in [3.8, 4) is 6.07 Å².